The van der Waals surface area contributed by atoms with E-state index in [2.05, 4.69) is 19.5 Å². The monoisotopic (exact) mass is 379 g/mol. The smallest absolute Gasteiger partial charge is 0.121 e. The molecular formula is C25H43B2N. The highest BCUT2D eigenvalue weighted by atomic mass is 15.2. The highest BCUT2D eigenvalue weighted by Gasteiger charge is 2.52. The van der Waals surface area contributed by atoms with Crippen LogP contribution in [0.15, 0.2) is 0 Å². The van der Waals surface area contributed by atoms with Gasteiger partial charge in [0.2, 0.25) is 0 Å². The number of hydrogen-bond acceptors (Lipinski definition) is 1. The van der Waals surface area contributed by atoms with Gasteiger partial charge < -0.3 is 0 Å². The lowest BCUT2D eigenvalue weighted by atomic mass is 9.37. The summed E-state index contributed by atoms with van der Waals surface area (Å²) in [7, 11) is 5.89. The van der Waals surface area contributed by atoms with E-state index in [1.807, 2.05) is 0 Å². The molecule has 6 atom stereocenters. The van der Waals surface area contributed by atoms with E-state index < -0.39 is 0 Å². The molecule has 2 aliphatic heterocycles. The molecule has 0 aromatic rings. The molecule has 0 aromatic carbocycles. The van der Waals surface area contributed by atoms with Crippen molar-refractivity contribution >= 4 is 14.6 Å². The van der Waals surface area contributed by atoms with Crippen LogP contribution in [0.3, 0.4) is 0 Å². The van der Waals surface area contributed by atoms with E-state index in [-0.39, 0.29) is 0 Å². The molecule has 2 saturated heterocycles. The van der Waals surface area contributed by atoms with E-state index in [0.29, 0.717) is 0 Å². The summed E-state index contributed by atoms with van der Waals surface area (Å²) in [5.74, 6) is 3.62. The SMILES string of the molecule is [B]1C2CCCCCCCC2N2C3CCCCCCCC3[B]C3CCCCC1C32. The van der Waals surface area contributed by atoms with Gasteiger partial charge in [0.05, 0.1) is 0 Å². The van der Waals surface area contributed by atoms with Gasteiger partial charge in [0.1, 0.15) is 14.6 Å². The first-order valence-corrected chi connectivity index (χ1v) is 13.4. The minimum Gasteiger partial charge on any atom is -0.296 e. The summed E-state index contributed by atoms with van der Waals surface area (Å²) < 4.78 is 0. The fourth-order valence-corrected chi connectivity index (χ4v) is 8.13. The molecule has 3 saturated carbocycles. The van der Waals surface area contributed by atoms with Gasteiger partial charge in [0.25, 0.3) is 0 Å². The van der Waals surface area contributed by atoms with Gasteiger partial charge in [-0.05, 0) is 12.8 Å². The summed E-state index contributed by atoms with van der Waals surface area (Å²) in [5, 5.41) is 0. The second-order valence-electron chi connectivity index (χ2n) is 11.1. The fourth-order valence-electron chi connectivity index (χ4n) is 8.13. The first-order valence-electron chi connectivity index (χ1n) is 13.4. The molecule has 0 amide bonds. The van der Waals surface area contributed by atoms with Gasteiger partial charge in [0.15, 0.2) is 0 Å². The Kier molecular flexibility index (Phi) is 6.78. The molecular weight excluding hydrogens is 336 g/mol. The Morgan fingerprint density at radius 2 is 0.750 bits per heavy atom. The van der Waals surface area contributed by atoms with Crippen LogP contribution in [0.2, 0.25) is 23.3 Å². The van der Waals surface area contributed by atoms with Crippen molar-refractivity contribution in [1.29, 1.82) is 0 Å². The van der Waals surface area contributed by atoms with Gasteiger partial charge >= 0.3 is 0 Å². The molecule has 0 spiro atoms. The van der Waals surface area contributed by atoms with Crippen molar-refractivity contribution in [2.75, 3.05) is 0 Å². The lowest BCUT2D eigenvalue weighted by molar-refractivity contribution is 0.0236. The van der Waals surface area contributed by atoms with E-state index in [4.69, 9.17) is 0 Å². The Morgan fingerprint density at radius 1 is 0.393 bits per heavy atom. The molecule has 5 aliphatic rings. The summed E-state index contributed by atoms with van der Waals surface area (Å²) in [4.78, 5) is 3.27. The second-order valence-corrected chi connectivity index (χ2v) is 11.1. The molecule has 2 heterocycles. The zero-order valence-corrected chi connectivity index (χ0v) is 18.4. The average Bonchev–Trinajstić information content (AvgIpc) is 2.78. The molecule has 154 valence electrons. The predicted molar refractivity (Wildman–Crippen MR) is 123 cm³/mol. The van der Waals surface area contributed by atoms with Gasteiger partial charge in [-0.25, -0.2) is 0 Å². The van der Waals surface area contributed by atoms with Crippen molar-refractivity contribution in [3.8, 4) is 0 Å². The maximum absolute atomic E-state index is 3.27. The van der Waals surface area contributed by atoms with Crippen LogP contribution in [0.1, 0.15) is 116 Å². The van der Waals surface area contributed by atoms with Crippen molar-refractivity contribution in [3.63, 3.8) is 0 Å². The Labute approximate surface area is 176 Å². The van der Waals surface area contributed by atoms with Crippen LogP contribution in [0, 0.1) is 0 Å². The first-order chi connectivity index (χ1) is 13.9. The fraction of sp³-hybridized carbons (Fsp3) is 1.00. The third-order valence-corrected chi connectivity index (χ3v) is 9.36. The zero-order valence-electron chi connectivity index (χ0n) is 18.4. The third-order valence-electron chi connectivity index (χ3n) is 9.36. The normalized spacial score (nSPS) is 45.5. The number of fused-ring (bicyclic) bond motifs is 4. The molecule has 2 radical (unpaired) electrons. The number of nitrogens with zero attached hydrogens (tertiary/aromatic N) is 1. The van der Waals surface area contributed by atoms with Crippen LogP contribution in [0.25, 0.3) is 0 Å². The summed E-state index contributed by atoms with van der Waals surface area (Å²) >= 11 is 0. The molecule has 3 aliphatic carbocycles. The van der Waals surface area contributed by atoms with E-state index in [0.717, 1.165) is 41.4 Å². The van der Waals surface area contributed by atoms with Crippen molar-refractivity contribution in [1.82, 2.24) is 4.90 Å². The summed E-state index contributed by atoms with van der Waals surface area (Å²) in [6.07, 6.45) is 26.9. The van der Waals surface area contributed by atoms with Crippen LogP contribution >= 0.6 is 0 Å². The van der Waals surface area contributed by atoms with Gasteiger partial charge in [-0.3, -0.25) is 4.90 Å². The predicted octanol–water partition coefficient (Wildman–Crippen LogP) is 7.05. The van der Waals surface area contributed by atoms with E-state index in [1.165, 1.54) is 116 Å². The van der Waals surface area contributed by atoms with Gasteiger partial charge in [-0.15, -0.1) is 0 Å². The van der Waals surface area contributed by atoms with Gasteiger partial charge in [-0.2, -0.15) is 0 Å². The van der Waals surface area contributed by atoms with Crippen LogP contribution in [-0.2, 0) is 0 Å². The molecule has 5 rings (SSSR count). The highest BCUT2D eigenvalue weighted by molar-refractivity contribution is 6.44. The van der Waals surface area contributed by atoms with Crippen molar-refractivity contribution in [2.24, 2.45) is 0 Å². The van der Waals surface area contributed by atoms with Crippen molar-refractivity contribution < 1.29 is 0 Å². The van der Waals surface area contributed by atoms with Crippen LogP contribution < -0.4 is 0 Å². The van der Waals surface area contributed by atoms with E-state index in [9.17, 15) is 0 Å². The Balaban J connectivity index is 1.48. The molecule has 5 fully saturated rings. The number of hydrogen-bond donors (Lipinski definition) is 0. The van der Waals surface area contributed by atoms with Crippen LogP contribution in [0.4, 0.5) is 0 Å². The van der Waals surface area contributed by atoms with Gasteiger partial charge in [-0.1, -0.05) is 126 Å². The lowest BCUT2D eigenvalue weighted by Gasteiger charge is -2.60. The van der Waals surface area contributed by atoms with Crippen molar-refractivity contribution in [2.45, 2.75) is 157 Å². The highest BCUT2D eigenvalue weighted by Crippen LogP contribution is 2.54. The second kappa shape index (κ2) is 9.49. The maximum atomic E-state index is 3.27. The maximum Gasteiger partial charge on any atom is 0.121 e. The summed E-state index contributed by atoms with van der Waals surface area (Å²) in [6.45, 7) is 0. The Bertz CT molecular complexity index is 455. The molecule has 6 unspecified atom stereocenters. The van der Waals surface area contributed by atoms with Crippen LogP contribution in [-0.4, -0.2) is 37.6 Å². The minimum absolute atomic E-state index is 0.881. The lowest BCUT2D eigenvalue weighted by Crippen LogP contribution is -2.64. The first kappa shape index (κ1) is 20.0. The van der Waals surface area contributed by atoms with Crippen LogP contribution in [0.5, 0.6) is 0 Å². The Morgan fingerprint density at radius 3 is 1.25 bits per heavy atom. The summed E-state index contributed by atoms with van der Waals surface area (Å²) in [5.41, 5.74) is 0. The van der Waals surface area contributed by atoms with Crippen molar-refractivity contribution in [3.05, 3.63) is 0 Å². The molecule has 28 heavy (non-hydrogen) atoms. The quantitative estimate of drug-likeness (QED) is 0.408. The molecule has 1 nitrogen and oxygen atoms in total. The van der Waals surface area contributed by atoms with E-state index in [1.54, 1.807) is 0 Å². The average molecular weight is 379 g/mol. The van der Waals surface area contributed by atoms with E-state index >= 15 is 0 Å². The van der Waals surface area contributed by atoms with Gasteiger partial charge in [0, 0.05) is 18.1 Å². The minimum atomic E-state index is 0.881. The standard InChI is InChI=1S/C25H43B2N/c1-3-7-13-19-23(17-9-5-1)28-24-18-10-6-2-4-8-14-20(24)27-22-16-12-11-15-21(26-19)25(22)28/h19-25H,1-18H2. The third kappa shape index (κ3) is 4.13. The molecule has 0 bridgehead atoms. The Hall–Kier alpha value is 0.0899. The largest absolute Gasteiger partial charge is 0.296 e. The zero-order chi connectivity index (χ0) is 18.8. The number of rotatable bonds is 0. The molecule has 0 aromatic heterocycles. The summed E-state index contributed by atoms with van der Waals surface area (Å²) in [6, 6.07) is 2.66. The topological polar surface area (TPSA) is 3.24 Å². The molecule has 0 N–H and O–H groups in total. The molecule has 3 heteroatoms.